The third kappa shape index (κ3) is 5.00. The SMILES string of the molecule is CC(=O)NCCNCC(C)(C)c1ccccc1. The lowest BCUT2D eigenvalue weighted by Gasteiger charge is -2.25. The lowest BCUT2D eigenvalue weighted by molar-refractivity contribution is -0.118. The van der Waals surface area contributed by atoms with Crippen molar-refractivity contribution in [3.8, 4) is 0 Å². The van der Waals surface area contributed by atoms with E-state index in [1.165, 1.54) is 12.5 Å². The van der Waals surface area contributed by atoms with E-state index in [4.69, 9.17) is 0 Å². The molecular weight excluding hydrogens is 212 g/mol. The van der Waals surface area contributed by atoms with Crippen LogP contribution in [0.15, 0.2) is 30.3 Å². The molecule has 1 aromatic carbocycles. The molecular formula is C14H22N2O. The molecule has 94 valence electrons. The van der Waals surface area contributed by atoms with E-state index in [2.05, 4.69) is 48.7 Å². The standard InChI is InChI=1S/C14H22N2O/c1-12(17)16-10-9-15-11-14(2,3)13-7-5-4-6-8-13/h4-8,15H,9-11H2,1-3H3,(H,16,17). The molecule has 17 heavy (non-hydrogen) atoms. The smallest absolute Gasteiger partial charge is 0.216 e. The van der Waals surface area contributed by atoms with Crippen LogP contribution in [-0.4, -0.2) is 25.5 Å². The first kappa shape index (κ1) is 13.7. The number of carbonyl (C=O) groups is 1. The summed E-state index contributed by atoms with van der Waals surface area (Å²) in [6, 6.07) is 10.5. The van der Waals surface area contributed by atoms with E-state index in [0.29, 0.717) is 6.54 Å². The van der Waals surface area contributed by atoms with Crippen LogP contribution in [0.5, 0.6) is 0 Å². The Bertz CT molecular complexity index is 346. The summed E-state index contributed by atoms with van der Waals surface area (Å²) < 4.78 is 0. The van der Waals surface area contributed by atoms with Gasteiger partial charge in [0.1, 0.15) is 0 Å². The monoisotopic (exact) mass is 234 g/mol. The van der Waals surface area contributed by atoms with E-state index in [1.54, 1.807) is 0 Å². The Kier molecular flexibility index (Phi) is 5.16. The predicted octanol–water partition coefficient (Wildman–Crippen LogP) is 1.69. The highest BCUT2D eigenvalue weighted by atomic mass is 16.1. The van der Waals surface area contributed by atoms with Gasteiger partial charge in [-0.3, -0.25) is 4.79 Å². The number of carbonyl (C=O) groups excluding carboxylic acids is 1. The van der Waals surface area contributed by atoms with E-state index < -0.39 is 0 Å². The molecule has 0 aromatic heterocycles. The topological polar surface area (TPSA) is 41.1 Å². The molecule has 0 atom stereocenters. The van der Waals surface area contributed by atoms with Crippen LogP contribution >= 0.6 is 0 Å². The van der Waals surface area contributed by atoms with Crippen molar-refractivity contribution in [2.45, 2.75) is 26.2 Å². The van der Waals surface area contributed by atoms with Crippen LogP contribution < -0.4 is 10.6 Å². The second-order valence-electron chi connectivity index (χ2n) is 4.91. The van der Waals surface area contributed by atoms with Crippen molar-refractivity contribution in [3.63, 3.8) is 0 Å². The Morgan fingerprint density at radius 3 is 2.41 bits per heavy atom. The fourth-order valence-electron chi connectivity index (χ4n) is 1.72. The lowest BCUT2D eigenvalue weighted by Crippen LogP contribution is -2.37. The van der Waals surface area contributed by atoms with Gasteiger partial charge in [0, 0.05) is 32.0 Å². The zero-order valence-corrected chi connectivity index (χ0v) is 10.9. The molecule has 1 aromatic rings. The normalized spacial score (nSPS) is 11.2. The van der Waals surface area contributed by atoms with Gasteiger partial charge >= 0.3 is 0 Å². The van der Waals surface area contributed by atoms with Crippen LogP contribution in [0.1, 0.15) is 26.3 Å². The highest BCUT2D eigenvalue weighted by Crippen LogP contribution is 2.21. The minimum atomic E-state index is 0.0223. The van der Waals surface area contributed by atoms with Crippen LogP contribution in [0.2, 0.25) is 0 Å². The minimum absolute atomic E-state index is 0.0223. The Hall–Kier alpha value is -1.35. The molecule has 0 heterocycles. The highest BCUT2D eigenvalue weighted by Gasteiger charge is 2.19. The van der Waals surface area contributed by atoms with Crippen molar-refractivity contribution in [3.05, 3.63) is 35.9 Å². The first-order valence-electron chi connectivity index (χ1n) is 6.03. The second-order valence-corrected chi connectivity index (χ2v) is 4.91. The van der Waals surface area contributed by atoms with Gasteiger partial charge in [-0.05, 0) is 5.56 Å². The second kappa shape index (κ2) is 6.40. The molecule has 2 N–H and O–H groups in total. The zero-order chi connectivity index (χ0) is 12.7. The van der Waals surface area contributed by atoms with E-state index >= 15 is 0 Å². The highest BCUT2D eigenvalue weighted by molar-refractivity contribution is 5.72. The summed E-state index contributed by atoms with van der Waals surface area (Å²) in [4.78, 5) is 10.7. The summed E-state index contributed by atoms with van der Waals surface area (Å²) in [6.45, 7) is 8.35. The van der Waals surface area contributed by atoms with Crippen molar-refractivity contribution in [1.82, 2.24) is 10.6 Å². The molecule has 3 heteroatoms. The summed E-state index contributed by atoms with van der Waals surface area (Å²) in [6.07, 6.45) is 0. The molecule has 0 aliphatic heterocycles. The number of nitrogens with one attached hydrogen (secondary N) is 2. The van der Waals surface area contributed by atoms with Gasteiger partial charge in [0.15, 0.2) is 0 Å². The first-order valence-corrected chi connectivity index (χ1v) is 6.03. The summed E-state index contributed by atoms with van der Waals surface area (Å²) >= 11 is 0. The Morgan fingerprint density at radius 1 is 1.18 bits per heavy atom. The van der Waals surface area contributed by atoms with E-state index in [-0.39, 0.29) is 11.3 Å². The summed E-state index contributed by atoms with van der Waals surface area (Å²) in [5, 5.41) is 6.13. The largest absolute Gasteiger partial charge is 0.355 e. The van der Waals surface area contributed by atoms with Gasteiger partial charge in [-0.2, -0.15) is 0 Å². The molecule has 0 saturated heterocycles. The molecule has 0 fully saturated rings. The van der Waals surface area contributed by atoms with E-state index in [0.717, 1.165) is 13.1 Å². The minimum Gasteiger partial charge on any atom is -0.355 e. The Labute approximate surface area is 104 Å². The van der Waals surface area contributed by atoms with Crippen LogP contribution in [0.3, 0.4) is 0 Å². The van der Waals surface area contributed by atoms with Gasteiger partial charge in [0.25, 0.3) is 0 Å². The van der Waals surface area contributed by atoms with Crippen LogP contribution in [0, 0.1) is 0 Å². The molecule has 1 amide bonds. The van der Waals surface area contributed by atoms with Gasteiger partial charge in [0.2, 0.25) is 5.91 Å². The van der Waals surface area contributed by atoms with Gasteiger partial charge in [0.05, 0.1) is 0 Å². The molecule has 0 radical (unpaired) electrons. The third-order valence-corrected chi connectivity index (χ3v) is 2.80. The number of rotatable bonds is 6. The third-order valence-electron chi connectivity index (χ3n) is 2.80. The molecule has 0 spiro atoms. The maximum Gasteiger partial charge on any atom is 0.216 e. The predicted molar refractivity (Wildman–Crippen MR) is 71.0 cm³/mol. The van der Waals surface area contributed by atoms with Crippen LogP contribution in [-0.2, 0) is 10.2 Å². The maximum absolute atomic E-state index is 10.7. The average molecular weight is 234 g/mol. The van der Waals surface area contributed by atoms with Gasteiger partial charge in [-0.15, -0.1) is 0 Å². The van der Waals surface area contributed by atoms with Crippen molar-refractivity contribution in [2.75, 3.05) is 19.6 Å². The fraction of sp³-hybridized carbons (Fsp3) is 0.500. The molecule has 0 unspecified atom stereocenters. The Balaban J connectivity index is 2.33. The van der Waals surface area contributed by atoms with Crippen molar-refractivity contribution < 1.29 is 4.79 Å². The van der Waals surface area contributed by atoms with E-state index in [9.17, 15) is 4.79 Å². The fourth-order valence-corrected chi connectivity index (χ4v) is 1.72. The van der Waals surface area contributed by atoms with Gasteiger partial charge in [-0.25, -0.2) is 0 Å². The quantitative estimate of drug-likeness (QED) is 0.735. The Morgan fingerprint density at radius 2 is 1.82 bits per heavy atom. The van der Waals surface area contributed by atoms with Crippen molar-refractivity contribution >= 4 is 5.91 Å². The maximum atomic E-state index is 10.7. The average Bonchev–Trinajstić information content (AvgIpc) is 2.29. The molecule has 0 aliphatic carbocycles. The summed E-state index contributed by atoms with van der Waals surface area (Å²) in [5.74, 6) is 0.0223. The number of amides is 1. The van der Waals surface area contributed by atoms with Crippen LogP contribution in [0.4, 0.5) is 0 Å². The number of hydrogen-bond donors (Lipinski definition) is 2. The van der Waals surface area contributed by atoms with E-state index in [1.807, 2.05) is 6.07 Å². The lowest BCUT2D eigenvalue weighted by atomic mass is 9.85. The molecule has 3 nitrogen and oxygen atoms in total. The molecule has 0 aliphatic rings. The van der Waals surface area contributed by atoms with Crippen LogP contribution in [0.25, 0.3) is 0 Å². The number of benzene rings is 1. The first-order chi connectivity index (χ1) is 8.02. The van der Waals surface area contributed by atoms with Gasteiger partial charge < -0.3 is 10.6 Å². The van der Waals surface area contributed by atoms with Crippen molar-refractivity contribution in [2.24, 2.45) is 0 Å². The molecule has 0 saturated carbocycles. The number of hydrogen-bond acceptors (Lipinski definition) is 2. The molecule has 0 bridgehead atoms. The van der Waals surface area contributed by atoms with Gasteiger partial charge in [-0.1, -0.05) is 44.2 Å². The molecule has 1 rings (SSSR count). The van der Waals surface area contributed by atoms with Crippen molar-refractivity contribution in [1.29, 1.82) is 0 Å². The summed E-state index contributed by atoms with van der Waals surface area (Å²) in [7, 11) is 0. The summed E-state index contributed by atoms with van der Waals surface area (Å²) in [5.41, 5.74) is 1.43. The zero-order valence-electron chi connectivity index (χ0n) is 10.9.